The minimum absolute atomic E-state index is 0.0253. The zero-order chi connectivity index (χ0) is 14.2. The molecule has 0 aromatic heterocycles. The molecule has 19 heavy (non-hydrogen) atoms. The van der Waals surface area contributed by atoms with Gasteiger partial charge in [-0.15, -0.1) is 0 Å². The SMILES string of the molecule is CCC1CCC(C)N1S(=O)(=O)c1cccc(F)c1N. The number of benzene rings is 1. The van der Waals surface area contributed by atoms with Gasteiger partial charge in [0.15, 0.2) is 0 Å². The van der Waals surface area contributed by atoms with E-state index in [1.807, 2.05) is 13.8 Å². The van der Waals surface area contributed by atoms with E-state index in [2.05, 4.69) is 0 Å². The van der Waals surface area contributed by atoms with Crippen LogP contribution in [0.15, 0.2) is 23.1 Å². The van der Waals surface area contributed by atoms with Crippen molar-refractivity contribution in [2.24, 2.45) is 0 Å². The second-order valence-corrected chi connectivity index (χ2v) is 6.79. The highest BCUT2D eigenvalue weighted by Gasteiger charge is 2.40. The second-order valence-electron chi connectivity index (χ2n) is 4.98. The van der Waals surface area contributed by atoms with E-state index >= 15 is 0 Å². The molecule has 0 saturated carbocycles. The number of sulfonamides is 1. The third kappa shape index (κ3) is 2.34. The quantitative estimate of drug-likeness (QED) is 0.868. The number of anilines is 1. The van der Waals surface area contributed by atoms with E-state index in [0.29, 0.717) is 0 Å². The number of nitrogens with two attached hydrogens (primary N) is 1. The smallest absolute Gasteiger partial charge is 0.245 e. The topological polar surface area (TPSA) is 63.4 Å². The Balaban J connectivity index is 2.50. The molecule has 0 bridgehead atoms. The predicted molar refractivity (Wildman–Crippen MR) is 72.6 cm³/mol. The average Bonchev–Trinajstić information content (AvgIpc) is 2.74. The van der Waals surface area contributed by atoms with Crippen molar-refractivity contribution in [2.45, 2.75) is 50.1 Å². The molecule has 1 fully saturated rings. The zero-order valence-corrected chi connectivity index (χ0v) is 12.0. The number of hydrogen-bond acceptors (Lipinski definition) is 3. The summed E-state index contributed by atoms with van der Waals surface area (Å²) in [6, 6.07) is 3.81. The standard InChI is InChI=1S/C13H19FN2O2S/c1-3-10-8-7-9(2)16(10)19(17,18)12-6-4-5-11(14)13(12)15/h4-6,9-10H,3,7-8,15H2,1-2H3. The fourth-order valence-corrected chi connectivity index (χ4v) is 4.80. The van der Waals surface area contributed by atoms with E-state index in [9.17, 15) is 12.8 Å². The summed E-state index contributed by atoms with van der Waals surface area (Å²) in [4.78, 5) is -0.125. The Hall–Kier alpha value is -1.14. The summed E-state index contributed by atoms with van der Waals surface area (Å²) in [5, 5.41) is 0. The summed E-state index contributed by atoms with van der Waals surface area (Å²) in [5.41, 5.74) is 5.29. The van der Waals surface area contributed by atoms with Crippen LogP contribution in [0.3, 0.4) is 0 Å². The third-order valence-corrected chi connectivity index (χ3v) is 5.88. The lowest BCUT2D eigenvalue weighted by Crippen LogP contribution is -2.39. The summed E-state index contributed by atoms with van der Waals surface area (Å²) in [7, 11) is -3.73. The molecule has 2 unspecified atom stereocenters. The van der Waals surface area contributed by atoms with Crippen LogP contribution in [0.5, 0.6) is 0 Å². The number of halogens is 1. The Labute approximate surface area is 113 Å². The molecule has 0 amide bonds. The highest BCUT2D eigenvalue weighted by molar-refractivity contribution is 7.89. The molecule has 1 aliphatic heterocycles. The molecule has 1 aliphatic rings. The van der Waals surface area contributed by atoms with Gasteiger partial charge in [-0.1, -0.05) is 13.0 Å². The van der Waals surface area contributed by atoms with Gasteiger partial charge in [0.05, 0.1) is 5.69 Å². The minimum Gasteiger partial charge on any atom is -0.395 e. The van der Waals surface area contributed by atoms with E-state index < -0.39 is 15.8 Å². The summed E-state index contributed by atoms with van der Waals surface area (Å²) in [6.45, 7) is 3.84. The van der Waals surface area contributed by atoms with Gasteiger partial charge >= 0.3 is 0 Å². The molecule has 4 nitrogen and oxygen atoms in total. The summed E-state index contributed by atoms with van der Waals surface area (Å²) >= 11 is 0. The van der Waals surface area contributed by atoms with E-state index in [4.69, 9.17) is 5.73 Å². The molecule has 1 aromatic carbocycles. The average molecular weight is 286 g/mol. The van der Waals surface area contributed by atoms with Crippen molar-refractivity contribution in [1.82, 2.24) is 4.31 Å². The molecular weight excluding hydrogens is 267 g/mol. The largest absolute Gasteiger partial charge is 0.395 e. The normalized spacial score (nSPS) is 24.8. The van der Waals surface area contributed by atoms with E-state index in [1.54, 1.807) is 0 Å². The van der Waals surface area contributed by atoms with Crippen molar-refractivity contribution in [3.05, 3.63) is 24.0 Å². The molecule has 0 radical (unpaired) electrons. The lowest BCUT2D eigenvalue weighted by Gasteiger charge is -2.27. The summed E-state index contributed by atoms with van der Waals surface area (Å²) in [5.74, 6) is -0.694. The first-order valence-electron chi connectivity index (χ1n) is 6.47. The van der Waals surface area contributed by atoms with Crippen LogP contribution in [0.1, 0.15) is 33.1 Å². The molecule has 6 heteroatoms. The van der Waals surface area contributed by atoms with Crippen LogP contribution >= 0.6 is 0 Å². The van der Waals surface area contributed by atoms with Gasteiger partial charge in [0.1, 0.15) is 10.7 Å². The molecule has 0 aliphatic carbocycles. The van der Waals surface area contributed by atoms with Crippen molar-refractivity contribution in [1.29, 1.82) is 0 Å². The monoisotopic (exact) mass is 286 g/mol. The Morgan fingerprint density at radius 1 is 1.42 bits per heavy atom. The number of rotatable bonds is 3. The lowest BCUT2D eigenvalue weighted by molar-refractivity contribution is 0.329. The Morgan fingerprint density at radius 3 is 2.74 bits per heavy atom. The van der Waals surface area contributed by atoms with Gasteiger partial charge < -0.3 is 5.73 Å². The summed E-state index contributed by atoms with van der Waals surface area (Å²) in [6.07, 6.45) is 2.41. The molecule has 1 heterocycles. The predicted octanol–water partition coefficient (Wildman–Crippen LogP) is 2.36. The Bertz CT molecular complexity index is 574. The molecule has 0 spiro atoms. The number of nitrogen functional groups attached to an aromatic ring is 1. The first kappa shape index (κ1) is 14.3. The molecule has 2 rings (SSSR count). The minimum atomic E-state index is -3.73. The molecule has 106 valence electrons. The van der Waals surface area contributed by atoms with Crippen LogP contribution < -0.4 is 5.73 Å². The van der Waals surface area contributed by atoms with Gasteiger partial charge in [-0.2, -0.15) is 4.31 Å². The Morgan fingerprint density at radius 2 is 2.11 bits per heavy atom. The van der Waals surface area contributed by atoms with Crippen LogP contribution in [0.2, 0.25) is 0 Å². The van der Waals surface area contributed by atoms with Gasteiger partial charge in [-0.3, -0.25) is 0 Å². The van der Waals surface area contributed by atoms with Gasteiger partial charge in [-0.25, -0.2) is 12.8 Å². The van der Waals surface area contributed by atoms with Crippen molar-refractivity contribution in [3.63, 3.8) is 0 Å². The molecule has 2 atom stereocenters. The van der Waals surface area contributed by atoms with Crippen molar-refractivity contribution < 1.29 is 12.8 Å². The number of nitrogens with zero attached hydrogens (tertiary/aromatic N) is 1. The first-order valence-corrected chi connectivity index (χ1v) is 7.91. The van der Waals surface area contributed by atoms with E-state index in [0.717, 1.165) is 19.3 Å². The van der Waals surface area contributed by atoms with Gasteiger partial charge in [0.2, 0.25) is 10.0 Å². The second kappa shape index (κ2) is 5.09. The van der Waals surface area contributed by atoms with E-state index in [-0.39, 0.29) is 22.7 Å². The van der Waals surface area contributed by atoms with Crippen LogP contribution in [0, 0.1) is 5.82 Å². The lowest BCUT2D eigenvalue weighted by atomic mass is 10.2. The maximum atomic E-state index is 13.5. The van der Waals surface area contributed by atoms with Crippen molar-refractivity contribution in [2.75, 3.05) is 5.73 Å². The van der Waals surface area contributed by atoms with Gasteiger partial charge in [0.25, 0.3) is 0 Å². The Kier molecular flexibility index (Phi) is 3.82. The first-order chi connectivity index (χ1) is 8.89. The molecule has 2 N–H and O–H groups in total. The highest BCUT2D eigenvalue weighted by Crippen LogP contribution is 2.34. The maximum absolute atomic E-state index is 13.5. The molecule has 1 saturated heterocycles. The maximum Gasteiger partial charge on any atom is 0.245 e. The highest BCUT2D eigenvalue weighted by atomic mass is 32.2. The van der Waals surface area contributed by atoms with Gasteiger partial charge in [-0.05, 0) is 38.3 Å². The molecule has 1 aromatic rings. The molecular formula is C13H19FN2O2S. The van der Waals surface area contributed by atoms with Crippen molar-refractivity contribution in [3.8, 4) is 0 Å². The number of hydrogen-bond donors (Lipinski definition) is 1. The number of para-hydroxylation sites is 1. The van der Waals surface area contributed by atoms with Crippen LogP contribution in [0.4, 0.5) is 10.1 Å². The van der Waals surface area contributed by atoms with Crippen molar-refractivity contribution >= 4 is 15.7 Å². The van der Waals surface area contributed by atoms with Crippen LogP contribution in [-0.2, 0) is 10.0 Å². The van der Waals surface area contributed by atoms with E-state index in [1.165, 1.54) is 22.5 Å². The third-order valence-electron chi connectivity index (χ3n) is 3.75. The fourth-order valence-electron chi connectivity index (χ4n) is 2.72. The zero-order valence-electron chi connectivity index (χ0n) is 11.1. The van der Waals surface area contributed by atoms with Crippen LogP contribution in [-0.4, -0.2) is 24.8 Å². The van der Waals surface area contributed by atoms with Crippen LogP contribution in [0.25, 0.3) is 0 Å². The van der Waals surface area contributed by atoms with Gasteiger partial charge in [0, 0.05) is 12.1 Å². The fraction of sp³-hybridized carbons (Fsp3) is 0.538. The summed E-state index contributed by atoms with van der Waals surface area (Å²) < 4.78 is 40.3.